The molecular weight excluding hydrogens is 535 g/mol. The van der Waals surface area contributed by atoms with Gasteiger partial charge in [0.1, 0.15) is 22.2 Å². The summed E-state index contributed by atoms with van der Waals surface area (Å²) in [6, 6.07) is 15.1. The van der Waals surface area contributed by atoms with E-state index in [9.17, 15) is 21.6 Å². The average Bonchev–Trinajstić information content (AvgIpc) is 3.76. The lowest BCUT2D eigenvalue weighted by atomic mass is 10.0. The Balaban J connectivity index is 1.61. The van der Waals surface area contributed by atoms with Crippen LogP contribution in [0.1, 0.15) is 35.6 Å². The minimum Gasteiger partial charge on any atom is -0.409 e. The number of sulfonamides is 1. The maximum absolute atomic E-state index is 14.0. The number of fused-ring (bicyclic) bond motifs is 1. The van der Waals surface area contributed by atoms with Gasteiger partial charge in [-0.3, -0.25) is 4.98 Å². The molecule has 0 unspecified atom stereocenters. The van der Waals surface area contributed by atoms with Crippen LogP contribution in [-0.2, 0) is 16.6 Å². The van der Waals surface area contributed by atoms with Gasteiger partial charge in [-0.2, -0.15) is 0 Å². The molecule has 13 heteroatoms. The van der Waals surface area contributed by atoms with E-state index in [1.807, 2.05) is 24.3 Å². The van der Waals surface area contributed by atoms with Crippen molar-refractivity contribution in [3.63, 3.8) is 0 Å². The second kappa shape index (κ2) is 10.1. The second-order valence-electron chi connectivity index (χ2n) is 8.92. The van der Waals surface area contributed by atoms with Gasteiger partial charge in [-0.25, -0.2) is 17.7 Å². The van der Waals surface area contributed by atoms with Crippen molar-refractivity contribution in [2.24, 2.45) is 10.9 Å². The number of hydrogen-bond donors (Lipinski definition) is 2. The highest BCUT2D eigenvalue weighted by atomic mass is 32.2. The molecular formula is C26H22F3N5O4S. The Hall–Kier alpha value is -4.39. The number of nitrogens with two attached hydrogens (primary N) is 1. The molecule has 1 aliphatic rings. The molecule has 1 saturated carbocycles. The fourth-order valence-electron chi connectivity index (χ4n) is 4.25. The average molecular weight is 558 g/mol. The molecule has 0 amide bonds. The summed E-state index contributed by atoms with van der Waals surface area (Å²) in [5, 5.41) is 13.5. The van der Waals surface area contributed by atoms with Crippen molar-refractivity contribution in [1.29, 1.82) is 0 Å². The Morgan fingerprint density at radius 3 is 2.38 bits per heavy atom. The van der Waals surface area contributed by atoms with Crippen molar-refractivity contribution >= 4 is 32.4 Å². The van der Waals surface area contributed by atoms with Crippen LogP contribution in [-0.4, -0.2) is 35.8 Å². The predicted octanol–water partition coefficient (Wildman–Crippen LogP) is 4.90. The Morgan fingerprint density at radius 2 is 1.77 bits per heavy atom. The van der Waals surface area contributed by atoms with Gasteiger partial charge in [0, 0.05) is 23.3 Å². The van der Waals surface area contributed by atoms with Gasteiger partial charge >= 0.3 is 6.36 Å². The summed E-state index contributed by atoms with van der Waals surface area (Å²) < 4.78 is 71.0. The van der Waals surface area contributed by atoms with Gasteiger partial charge in [0.15, 0.2) is 5.84 Å². The van der Waals surface area contributed by atoms with E-state index in [1.54, 1.807) is 6.20 Å². The number of rotatable bonds is 8. The summed E-state index contributed by atoms with van der Waals surface area (Å²) in [7, 11) is -4.28. The molecule has 39 heavy (non-hydrogen) atoms. The molecule has 0 saturated heterocycles. The molecule has 2 aromatic carbocycles. The molecule has 4 aromatic rings. The topological polar surface area (TPSA) is 131 Å². The van der Waals surface area contributed by atoms with Crippen molar-refractivity contribution in [2.75, 3.05) is 4.31 Å². The molecule has 3 N–H and O–H groups in total. The first-order chi connectivity index (χ1) is 18.6. The summed E-state index contributed by atoms with van der Waals surface area (Å²) in [6.07, 6.45) is -0.423. The van der Waals surface area contributed by atoms with Crippen LogP contribution in [0.2, 0.25) is 0 Å². The second-order valence-corrected chi connectivity index (χ2v) is 10.8. The van der Waals surface area contributed by atoms with E-state index in [4.69, 9.17) is 10.9 Å². The zero-order chi connectivity index (χ0) is 27.8. The molecule has 0 spiro atoms. The number of nitrogens with zero attached hydrogens (tertiary/aromatic N) is 4. The Labute approximate surface area is 221 Å². The third-order valence-electron chi connectivity index (χ3n) is 6.22. The fraction of sp³-hybridized carbons (Fsp3) is 0.192. The van der Waals surface area contributed by atoms with Crippen LogP contribution in [0.15, 0.2) is 83.1 Å². The number of pyridine rings is 2. The van der Waals surface area contributed by atoms with Gasteiger partial charge in [0.05, 0.1) is 6.54 Å². The maximum atomic E-state index is 14.0. The van der Waals surface area contributed by atoms with Gasteiger partial charge in [-0.15, -0.1) is 13.2 Å². The van der Waals surface area contributed by atoms with Crippen molar-refractivity contribution in [1.82, 2.24) is 9.97 Å². The molecule has 1 aliphatic carbocycles. The number of anilines is 1. The zero-order valence-electron chi connectivity index (χ0n) is 20.2. The quantitative estimate of drug-likeness (QED) is 0.136. The van der Waals surface area contributed by atoms with Gasteiger partial charge in [-0.1, -0.05) is 41.6 Å². The number of hydrogen-bond acceptors (Lipinski definition) is 7. The molecule has 2 aromatic heterocycles. The molecule has 0 atom stereocenters. The normalized spacial score (nSPS) is 14.4. The highest BCUT2D eigenvalue weighted by Gasteiger charge is 2.35. The minimum absolute atomic E-state index is 0.0748. The summed E-state index contributed by atoms with van der Waals surface area (Å²) in [6.45, 7) is -0.221. The van der Waals surface area contributed by atoms with Crippen LogP contribution < -0.4 is 14.8 Å². The summed E-state index contributed by atoms with van der Waals surface area (Å²) >= 11 is 0. The first-order valence-electron chi connectivity index (χ1n) is 11.8. The van der Waals surface area contributed by atoms with E-state index in [1.165, 1.54) is 24.3 Å². The largest absolute Gasteiger partial charge is 0.573 e. The Bertz CT molecular complexity index is 1640. The molecule has 5 rings (SSSR count). The van der Waals surface area contributed by atoms with Gasteiger partial charge < -0.3 is 15.7 Å². The number of amidine groups is 1. The van der Waals surface area contributed by atoms with Crippen LogP contribution in [0.25, 0.3) is 10.8 Å². The number of benzene rings is 2. The number of ether oxygens (including phenoxy) is 1. The van der Waals surface area contributed by atoms with Gasteiger partial charge in [-0.05, 0) is 54.0 Å². The van der Waals surface area contributed by atoms with Gasteiger partial charge in [0.25, 0.3) is 10.0 Å². The van der Waals surface area contributed by atoms with Crippen molar-refractivity contribution in [3.05, 3.63) is 89.9 Å². The minimum atomic E-state index is -4.85. The molecule has 202 valence electrons. The predicted molar refractivity (Wildman–Crippen MR) is 137 cm³/mol. The first kappa shape index (κ1) is 26.2. The monoisotopic (exact) mass is 557 g/mol. The smallest absolute Gasteiger partial charge is 0.409 e. The highest BCUT2D eigenvalue weighted by molar-refractivity contribution is 7.92. The fourth-order valence-corrected chi connectivity index (χ4v) is 5.62. The Kier molecular flexibility index (Phi) is 6.76. The van der Waals surface area contributed by atoms with Crippen molar-refractivity contribution < 1.29 is 31.5 Å². The van der Waals surface area contributed by atoms with E-state index >= 15 is 0 Å². The molecule has 0 aliphatic heterocycles. The number of alkyl halides is 3. The van der Waals surface area contributed by atoms with E-state index in [2.05, 4.69) is 19.9 Å². The zero-order valence-corrected chi connectivity index (χ0v) is 21.0. The third-order valence-corrected chi connectivity index (χ3v) is 7.94. The van der Waals surface area contributed by atoms with E-state index in [0.29, 0.717) is 5.56 Å². The lowest BCUT2D eigenvalue weighted by Gasteiger charge is -2.26. The lowest BCUT2D eigenvalue weighted by Crippen LogP contribution is -2.32. The third kappa shape index (κ3) is 5.58. The standard InChI is InChI=1S/C26H22F3N5O4S/c27-26(28,29)38-19-9-5-16(6-10-19)15-34(39(36,37)20-11-12-22(31-14-20)24(30)33-35)25-23(17-7-8-17)21-4-2-1-3-18(21)13-32-25/h1-6,9-14,17,35H,7-8,15H2,(H2,30,33). The first-order valence-corrected chi connectivity index (χ1v) is 13.2. The lowest BCUT2D eigenvalue weighted by molar-refractivity contribution is -0.274. The molecule has 9 nitrogen and oxygen atoms in total. The van der Waals surface area contributed by atoms with Crippen LogP contribution in [0.3, 0.4) is 0 Å². The summed E-state index contributed by atoms with van der Waals surface area (Å²) in [5.41, 5.74) is 6.83. The number of halogens is 3. The summed E-state index contributed by atoms with van der Waals surface area (Å²) in [5.74, 6) is -0.373. The maximum Gasteiger partial charge on any atom is 0.573 e. The molecule has 0 bridgehead atoms. The van der Waals surface area contributed by atoms with Crippen LogP contribution in [0.4, 0.5) is 19.0 Å². The number of aromatic nitrogens is 2. The Morgan fingerprint density at radius 1 is 1.05 bits per heavy atom. The van der Waals surface area contributed by atoms with Crippen LogP contribution in [0, 0.1) is 0 Å². The SMILES string of the molecule is N/C(=N\O)c1ccc(S(=O)(=O)N(Cc2ccc(OC(F)(F)F)cc2)c2ncc3ccccc3c2C2CC2)cn1. The van der Waals surface area contributed by atoms with E-state index < -0.39 is 22.1 Å². The number of oxime groups is 1. The summed E-state index contributed by atoms with van der Waals surface area (Å²) in [4.78, 5) is 8.39. The van der Waals surface area contributed by atoms with E-state index in [-0.39, 0.29) is 34.7 Å². The molecule has 0 radical (unpaired) electrons. The van der Waals surface area contributed by atoms with Crippen molar-refractivity contribution in [2.45, 2.75) is 36.6 Å². The molecule has 1 fully saturated rings. The van der Waals surface area contributed by atoms with Crippen molar-refractivity contribution in [3.8, 4) is 5.75 Å². The van der Waals surface area contributed by atoms with E-state index in [0.717, 1.165) is 51.8 Å². The van der Waals surface area contributed by atoms with Gasteiger partial charge in [0.2, 0.25) is 0 Å². The highest BCUT2D eigenvalue weighted by Crippen LogP contribution is 2.47. The van der Waals surface area contributed by atoms with Crippen LogP contribution >= 0.6 is 0 Å². The van der Waals surface area contributed by atoms with Crippen LogP contribution in [0.5, 0.6) is 5.75 Å². The molecule has 2 heterocycles.